The number of pyridine rings is 3. The number of aryl methyl sites for hydroxylation is 2. The van der Waals surface area contributed by atoms with Crippen LogP contribution in [0.5, 0.6) is 0 Å². The smallest absolute Gasteiger partial charge is 0.329 e. The summed E-state index contributed by atoms with van der Waals surface area (Å²) >= 11 is 0. The topological polar surface area (TPSA) is 100 Å². The summed E-state index contributed by atoms with van der Waals surface area (Å²) in [6, 6.07) is 11.4. The summed E-state index contributed by atoms with van der Waals surface area (Å²) in [5.41, 5.74) is 4.07. The Bertz CT molecular complexity index is 1450. The van der Waals surface area contributed by atoms with Crippen LogP contribution in [-0.2, 0) is 0 Å². The zero-order valence-corrected chi connectivity index (χ0v) is 19.8. The van der Waals surface area contributed by atoms with E-state index in [0.717, 1.165) is 47.7 Å². The van der Waals surface area contributed by atoms with Crippen molar-refractivity contribution in [1.29, 1.82) is 0 Å². The van der Waals surface area contributed by atoms with Gasteiger partial charge in [0.15, 0.2) is 17.5 Å². The number of urea groups is 1. The Morgan fingerprint density at radius 3 is 2.69 bits per heavy atom. The number of fused-ring (bicyclic) bond motifs is 4. The normalized spacial score (nSPS) is 18.5. The van der Waals surface area contributed by atoms with Crippen molar-refractivity contribution in [2.45, 2.75) is 32.7 Å². The second-order valence-corrected chi connectivity index (χ2v) is 9.33. The van der Waals surface area contributed by atoms with Gasteiger partial charge in [-0.05, 0) is 56.7 Å². The number of anilines is 3. The Kier molecular flexibility index (Phi) is 4.80. The van der Waals surface area contributed by atoms with Gasteiger partial charge in [0.05, 0.1) is 23.1 Å². The lowest BCUT2D eigenvalue weighted by atomic mass is 9.97. The molecule has 9 nitrogen and oxygen atoms in total. The quantitative estimate of drug-likeness (QED) is 0.460. The number of nitrogens with zero attached hydrogens (tertiary/aromatic N) is 6. The number of oxazole rings is 1. The molecule has 1 fully saturated rings. The lowest BCUT2D eigenvalue weighted by Crippen LogP contribution is -2.56. The number of hydrogen-bond donors (Lipinski definition) is 1. The summed E-state index contributed by atoms with van der Waals surface area (Å²) < 4.78 is 5.63. The van der Waals surface area contributed by atoms with Crippen LogP contribution in [0.15, 0.2) is 59.4 Å². The van der Waals surface area contributed by atoms with Crippen LogP contribution in [-0.4, -0.2) is 44.6 Å². The fourth-order valence-corrected chi connectivity index (χ4v) is 4.96. The van der Waals surface area contributed by atoms with Crippen molar-refractivity contribution in [1.82, 2.24) is 19.9 Å². The van der Waals surface area contributed by atoms with E-state index in [4.69, 9.17) is 9.40 Å². The molecule has 0 aromatic carbocycles. The van der Waals surface area contributed by atoms with Gasteiger partial charge in [0.1, 0.15) is 5.82 Å². The third-order valence-corrected chi connectivity index (χ3v) is 6.69. The molecule has 0 unspecified atom stereocenters. The zero-order valence-electron chi connectivity index (χ0n) is 19.8. The van der Waals surface area contributed by atoms with Gasteiger partial charge in [-0.2, -0.15) is 0 Å². The first kappa shape index (κ1) is 21.3. The van der Waals surface area contributed by atoms with Gasteiger partial charge in [-0.3, -0.25) is 15.2 Å². The molecule has 2 aliphatic heterocycles. The molecule has 2 aliphatic rings. The summed E-state index contributed by atoms with van der Waals surface area (Å²) in [7, 11) is 0. The first-order valence-corrected chi connectivity index (χ1v) is 11.6. The van der Waals surface area contributed by atoms with E-state index in [1.54, 1.807) is 36.5 Å². The Hall–Kier alpha value is -4.27. The fraction of sp³-hybridized carbons (Fsp3) is 0.269. The van der Waals surface area contributed by atoms with E-state index in [1.807, 2.05) is 31.2 Å². The minimum Gasteiger partial charge on any atom is -0.441 e. The maximum absolute atomic E-state index is 13.7. The van der Waals surface area contributed by atoms with Gasteiger partial charge < -0.3 is 9.32 Å². The monoisotopic (exact) mass is 467 g/mol. The lowest BCUT2D eigenvalue weighted by Gasteiger charge is -2.42. The van der Waals surface area contributed by atoms with E-state index in [0.29, 0.717) is 23.3 Å². The summed E-state index contributed by atoms with van der Waals surface area (Å²) in [4.78, 5) is 35.6. The molecule has 35 heavy (non-hydrogen) atoms. The fourth-order valence-electron chi connectivity index (χ4n) is 4.96. The Labute approximate surface area is 202 Å². The largest absolute Gasteiger partial charge is 0.441 e. The number of nitrogens with one attached hydrogen (secondary N) is 1. The molecule has 4 aromatic heterocycles. The predicted molar refractivity (Wildman–Crippen MR) is 133 cm³/mol. The highest BCUT2D eigenvalue weighted by atomic mass is 16.4. The van der Waals surface area contributed by atoms with Crippen molar-refractivity contribution in [3.8, 4) is 22.6 Å². The van der Waals surface area contributed by atoms with Gasteiger partial charge in [0.25, 0.3) is 0 Å². The average Bonchev–Trinajstić information content (AvgIpc) is 3.43. The summed E-state index contributed by atoms with van der Waals surface area (Å²) in [6.07, 6.45) is 5.94. The van der Waals surface area contributed by atoms with E-state index in [9.17, 15) is 4.79 Å². The van der Waals surface area contributed by atoms with Gasteiger partial charge >= 0.3 is 6.03 Å². The molecule has 6 rings (SSSR count). The van der Waals surface area contributed by atoms with Crippen molar-refractivity contribution in [3.05, 3.63) is 66.6 Å². The number of carbonyl (C=O) groups excluding carboxylic acids is 1. The van der Waals surface area contributed by atoms with Crippen LogP contribution in [0, 0.1) is 13.8 Å². The standard InChI is InChI=1S/C26H25N7O2/c1-16-12-18(6-9-27-16)20-4-5-21-24(30-20)33(26(3)8-11-32(21)15-26)25(34)31-23-13-19(7-10-28-23)22-14-29-17(2)35-22/h4-7,9-10,12-14H,8,11,15H2,1-3H3,(H,28,31,34)/t26-/m1/s1. The van der Waals surface area contributed by atoms with Crippen molar-refractivity contribution < 1.29 is 9.21 Å². The molecule has 6 heterocycles. The van der Waals surface area contributed by atoms with Crippen LogP contribution >= 0.6 is 0 Å². The van der Waals surface area contributed by atoms with E-state index < -0.39 is 0 Å². The molecule has 0 saturated carbocycles. The van der Waals surface area contributed by atoms with Crippen LogP contribution in [0.3, 0.4) is 0 Å². The Balaban J connectivity index is 1.37. The maximum Gasteiger partial charge on any atom is 0.329 e. The van der Waals surface area contributed by atoms with E-state index in [1.165, 1.54) is 0 Å². The lowest BCUT2D eigenvalue weighted by molar-refractivity contribution is 0.250. The molecule has 1 saturated heterocycles. The highest BCUT2D eigenvalue weighted by molar-refractivity contribution is 6.05. The van der Waals surface area contributed by atoms with Gasteiger partial charge in [-0.15, -0.1) is 0 Å². The molecule has 1 atom stereocenters. The molecular formula is C26H25N7O2. The molecule has 2 bridgehead atoms. The molecule has 4 aromatic rings. The average molecular weight is 468 g/mol. The first-order chi connectivity index (χ1) is 16.9. The summed E-state index contributed by atoms with van der Waals surface area (Å²) in [5.74, 6) is 2.30. The Morgan fingerprint density at radius 2 is 1.89 bits per heavy atom. The van der Waals surface area contributed by atoms with Crippen LogP contribution < -0.4 is 15.1 Å². The number of hydrogen-bond acceptors (Lipinski definition) is 7. The third kappa shape index (κ3) is 3.69. The third-order valence-electron chi connectivity index (χ3n) is 6.69. The van der Waals surface area contributed by atoms with Crippen LogP contribution in [0.4, 0.5) is 22.1 Å². The minimum absolute atomic E-state index is 0.260. The highest BCUT2D eigenvalue weighted by Crippen LogP contribution is 2.45. The maximum atomic E-state index is 13.7. The van der Waals surface area contributed by atoms with Gasteiger partial charge in [0, 0.05) is 49.2 Å². The van der Waals surface area contributed by atoms with E-state index in [2.05, 4.69) is 38.2 Å². The zero-order chi connectivity index (χ0) is 24.2. The molecule has 0 spiro atoms. The molecule has 2 amide bonds. The van der Waals surface area contributed by atoms with Gasteiger partial charge in [0.2, 0.25) is 0 Å². The van der Waals surface area contributed by atoms with Crippen molar-refractivity contribution in [2.24, 2.45) is 0 Å². The van der Waals surface area contributed by atoms with E-state index in [-0.39, 0.29) is 11.6 Å². The van der Waals surface area contributed by atoms with Crippen molar-refractivity contribution in [3.63, 3.8) is 0 Å². The predicted octanol–water partition coefficient (Wildman–Crippen LogP) is 4.83. The second kappa shape index (κ2) is 7.90. The molecule has 0 radical (unpaired) electrons. The van der Waals surface area contributed by atoms with Crippen LogP contribution in [0.1, 0.15) is 24.9 Å². The molecule has 9 heteroatoms. The second-order valence-electron chi connectivity index (χ2n) is 9.33. The highest BCUT2D eigenvalue weighted by Gasteiger charge is 2.48. The van der Waals surface area contributed by atoms with Crippen molar-refractivity contribution >= 4 is 23.4 Å². The minimum atomic E-state index is -0.378. The SMILES string of the molecule is Cc1cc(-c2ccc3c(n2)N(C(=O)Nc2cc(-c4cnc(C)o4)ccn2)[C@]2(C)CCN3C2)ccn1. The number of rotatable bonds is 3. The van der Waals surface area contributed by atoms with Crippen molar-refractivity contribution in [2.75, 3.05) is 28.2 Å². The summed E-state index contributed by atoms with van der Waals surface area (Å²) in [6.45, 7) is 7.49. The molecule has 176 valence electrons. The van der Waals surface area contributed by atoms with Crippen LogP contribution in [0.25, 0.3) is 22.6 Å². The number of carbonyl (C=O) groups is 1. The Morgan fingerprint density at radius 1 is 1.06 bits per heavy atom. The number of aromatic nitrogens is 4. The number of amides is 2. The first-order valence-electron chi connectivity index (χ1n) is 11.6. The van der Waals surface area contributed by atoms with Gasteiger partial charge in [-0.1, -0.05) is 0 Å². The van der Waals surface area contributed by atoms with Crippen LogP contribution in [0.2, 0.25) is 0 Å². The molecular weight excluding hydrogens is 442 g/mol. The molecule has 0 aliphatic carbocycles. The van der Waals surface area contributed by atoms with Gasteiger partial charge in [-0.25, -0.2) is 19.7 Å². The summed E-state index contributed by atoms with van der Waals surface area (Å²) in [5, 5.41) is 2.99. The van der Waals surface area contributed by atoms with E-state index >= 15 is 0 Å². The molecule has 1 N–H and O–H groups in total.